The molecule has 0 fully saturated rings. The van der Waals surface area contributed by atoms with E-state index in [2.05, 4.69) is 11.8 Å². The molecule has 0 aliphatic carbocycles. The van der Waals surface area contributed by atoms with Crippen LogP contribution in [-0.4, -0.2) is 57.0 Å². The van der Waals surface area contributed by atoms with Crippen molar-refractivity contribution in [1.29, 1.82) is 0 Å². The highest BCUT2D eigenvalue weighted by atomic mass is 32.2. The van der Waals surface area contributed by atoms with Crippen LogP contribution >= 0.6 is 23.5 Å². The lowest BCUT2D eigenvalue weighted by Crippen LogP contribution is -2.43. The molecule has 0 unspecified atom stereocenters. The predicted octanol–water partition coefficient (Wildman–Crippen LogP) is 7.11. The number of thioether (sulfide) groups is 2. The molecule has 1 atom stereocenters. The number of rotatable bonds is 13. The summed E-state index contributed by atoms with van der Waals surface area (Å²) in [6, 6.07) is 21.2. The molecule has 0 N–H and O–H groups in total. The summed E-state index contributed by atoms with van der Waals surface area (Å²) in [6.45, 7) is 5.06. The first-order valence-corrected chi connectivity index (χ1v) is 18.1. The third-order valence-electron chi connectivity index (χ3n) is 7.28. The summed E-state index contributed by atoms with van der Waals surface area (Å²) in [5.41, 5.74) is 3.44. The maximum atomic E-state index is 14.7. The Morgan fingerprint density at radius 3 is 2.43 bits per heavy atom. The van der Waals surface area contributed by atoms with Crippen molar-refractivity contribution in [3.8, 4) is 5.75 Å². The van der Waals surface area contributed by atoms with Crippen molar-refractivity contribution in [3.63, 3.8) is 0 Å². The van der Waals surface area contributed by atoms with Crippen molar-refractivity contribution in [2.24, 2.45) is 0 Å². The zero-order chi connectivity index (χ0) is 30.1. The predicted molar refractivity (Wildman–Crippen MR) is 174 cm³/mol. The van der Waals surface area contributed by atoms with Gasteiger partial charge in [0, 0.05) is 35.5 Å². The molecule has 3 aromatic carbocycles. The van der Waals surface area contributed by atoms with Crippen LogP contribution in [0.4, 0.5) is 11.4 Å². The van der Waals surface area contributed by atoms with Crippen LogP contribution in [0.1, 0.15) is 44.2 Å². The van der Waals surface area contributed by atoms with Crippen molar-refractivity contribution in [2.75, 3.05) is 37.2 Å². The molecule has 0 radical (unpaired) electrons. The number of carbonyl (C=O) groups excluding carboxylic acids is 1. The molecule has 0 bridgehead atoms. The highest BCUT2D eigenvalue weighted by Crippen LogP contribution is 2.42. The molecular weight excluding hydrogens is 589 g/mol. The molecular formula is C32H40N2O5S3. The second-order valence-corrected chi connectivity index (χ2v) is 13.8. The lowest BCUT2D eigenvalue weighted by molar-refractivity contribution is -0.139. The van der Waals surface area contributed by atoms with Crippen LogP contribution in [0.3, 0.4) is 0 Å². The van der Waals surface area contributed by atoms with E-state index in [1.165, 1.54) is 11.8 Å². The Balaban J connectivity index is 1.83. The lowest BCUT2D eigenvalue weighted by Gasteiger charge is -2.31. The molecule has 0 aromatic heterocycles. The fourth-order valence-electron chi connectivity index (χ4n) is 5.13. The largest absolute Gasteiger partial charge is 0.497 e. The molecule has 42 heavy (non-hydrogen) atoms. The van der Waals surface area contributed by atoms with Crippen molar-refractivity contribution in [2.45, 2.75) is 61.2 Å². The number of methoxy groups -OCH3 is 1. The van der Waals surface area contributed by atoms with Gasteiger partial charge in [0.05, 0.1) is 25.2 Å². The van der Waals surface area contributed by atoms with Crippen molar-refractivity contribution in [1.82, 2.24) is 4.31 Å². The smallest absolute Gasteiger partial charge is 0.315 e. The van der Waals surface area contributed by atoms with Gasteiger partial charge in [-0.05, 0) is 67.1 Å². The fraction of sp³-hybridized carbons (Fsp3) is 0.406. The minimum Gasteiger partial charge on any atom is -0.497 e. The number of nitrogens with zero attached hydrogens (tertiary/aromatic N) is 2. The number of esters is 1. The molecule has 0 amide bonds. The SMILES string of the molecule is CCCC[C@@H]1CN(c2ccccc2)c2cc(SC)c(CSCC(=O)OCC)cc2S(=O)(=O)N1Cc1ccc(OC)cc1. The third kappa shape index (κ3) is 7.64. The monoisotopic (exact) mass is 628 g/mol. The van der Waals surface area contributed by atoms with E-state index in [1.54, 1.807) is 30.1 Å². The molecule has 7 nitrogen and oxygen atoms in total. The van der Waals surface area contributed by atoms with Gasteiger partial charge in [0.15, 0.2) is 0 Å². The number of ether oxygens (including phenoxy) is 2. The zero-order valence-corrected chi connectivity index (χ0v) is 27.2. The zero-order valence-electron chi connectivity index (χ0n) is 24.7. The van der Waals surface area contributed by atoms with Gasteiger partial charge in [-0.25, -0.2) is 8.42 Å². The molecule has 4 rings (SSSR count). The van der Waals surface area contributed by atoms with Crippen molar-refractivity contribution < 1.29 is 22.7 Å². The van der Waals surface area contributed by atoms with Gasteiger partial charge >= 0.3 is 5.97 Å². The van der Waals surface area contributed by atoms with E-state index < -0.39 is 10.0 Å². The Morgan fingerprint density at radius 1 is 1.05 bits per heavy atom. The Hall–Kier alpha value is -2.66. The average molecular weight is 629 g/mol. The number of carbonyl (C=O) groups is 1. The van der Waals surface area contributed by atoms with Crippen LogP contribution in [0.15, 0.2) is 76.5 Å². The van der Waals surface area contributed by atoms with E-state index in [9.17, 15) is 13.2 Å². The molecule has 0 saturated heterocycles. The van der Waals surface area contributed by atoms with Gasteiger partial charge in [-0.1, -0.05) is 50.1 Å². The molecule has 226 valence electrons. The van der Waals surface area contributed by atoms with Crippen molar-refractivity contribution in [3.05, 3.63) is 77.9 Å². The topological polar surface area (TPSA) is 76.2 Å². The standard InChI is InChI=1S/C32H40N2O5S3/c1-5-7-11-27-21-33(26-12-9-8-10-13-26)29-19-30(40-4)25(22-41-23-32(35)39-6-2)18-31(29)42(36,37)34(27)20-24-14-16-28(38-3)17-15-24/h8-10,12-19,27H,5-7,11,20-23H2,1-4H3/t27-/m1/s1. The van der Waals surface area contributed by atoms with Crippen LogP contribution in [0.25, 0.3) is 0 Å². The van der Waals surface area contributed by atoms with Crippen LogP contribution in [0.2, 0.25) is 0 Å². The number of anilines is 2. The molecule has 1 heterocycles. The average Bonchev–Trinajstić information content (AvgIpc) is 3.08. The summed E-state index contributed by atoms with van der Waals surface area (Å²) in [6.07, 6.45) is 4.65. The highest BCUT2D eigenvalue weighted by molar-refractivity contribution is 7.99. The van der Waals surface area contributed by atoms with E-state index in [1.807, 2.05) is 73.0 Å². The van der Waals surface area contributed by atoms with E-state index in [0.717, 1.165) is 46.7 Å². The number of hydrogen-bond acceptors (Lipinski definition) is 8. The number of sulfonamides is 1. The minimum absolute atomic E-state index is 0.213. The molecule has 1 aliphatic rings. The quantitative estimate of drug-likeness (QED) is 0.146. The van der Waals surface area contributed by atoms with Gasteiger partial charge < -0.3 is 14.4 Å². The van der Waals surface area contributed by atoms with Crippen LogP contribution in [0.5, 0.6) is 5.75 Å². The first kappa shape index (κ1) is 32.3. The van der Waals surface area contributed by atoms with Crippen molar-refractivity contribution >= 4 is 50.9 Å². The van der Waals surface area contributed by atoms with Crippen LogP contribution < -0.4 is 9.64 Å². The Labute approximate surface area is 259 Å². The van der Waals surface area contributed by atoms with Gasteiger partial charge in [-0.3, -0.25) is 4.79 Å². The van der Waals surface area contributed by atoms with E-state index >= 15 is 0 Å². The summed E-state index contributed by atoms with van der Waals surface area (Å²) in [7, 11) is -2.28. The summed E-state index contributed by atoms with van der Waals surface area (Å²) < 4.78 is 41.5. The summed E-state index contributed by atoms with van der Waals surface area (Å²) >= 11 is 3.02. The third-order valence-corrected chi connectivity index (χ3v) is 11.0. The summed E-state index contributed by atoms with van der Waals surface area (Å²) in [5.74, 6) is 1.18. The fourth-order valence-corrected chi connectivity index (χ4v) is 8.52. The van der Waals surface area contributed by atoms with Gasteiger partial charge in [0.25, 0.3) is 0 Å². The first-order valence-electron chi connectivity index (χ1n) is 14.2. The van der Waals surface area contributed by atoms with Crippen LogP contribution in [-0.2, 0) is 31.9 Å². The van der Waals surface area contributed by atoms with Gasteiger partial charge in [-0.15, -0.1) is 23.5 Å². The molecule has 10 heteroatoms. The normalized spacial score (nSPS) is 16.5. The number of para-hydroxylation sites is 1. The van der Waals surface area contributed by atoms with Gasteiger partial charge in [0.1, 0.15) is 10.6 Å². The first-order chi connectivity index (χ1) is 20.3. The van der Waals surface area contributed by atoms with Gasteiger partial charge in [0.2, 0.25) is 10.0 Å². The van der Waals surface area contributed by atoms with E-state index in [4.69, 9.17) is 9.47 Å². The van der Waals surface area contributed by atoms with E-state index in [0.29, 0.717) is 29.5 Å². The second kappa shape index (κ2) is 15.2. The highest BCUT2D eigenvalue weighted by Gasteiger charge is 2.39. The molecule has 0 saturated carbocycles. The van der Waals surface area contributed by atoms with Gasteiger partial charge in [-0.2, -0.15) is 4.31 Å². The summed E-state index contributed by atoms with van der Waals surface area (Å²) in [4.78, 5) is 15.4. The molecule has 0 spiro atoms. The molecule has 3 aromatic rings. The maximum Gasteiger partial charge on any atom is 0.315 e. The minimum atomic E-state index is -3.90. The number of fused-ring (bicyclic) bond motifs is 1. The number of hydrogen-bond donors (Lipinski definition) is 0. The second-order valence-electron chi connectivity index (χ2n) is 10.1. The maximum absolute atomic E-state index is 14.7. The Morgan fingerprint density at radius 2 is 1.79 bits per heavy atom. The lowest BCUT2D eigenvalue weighted by atomic mass is 10.1. The van der Waals surface area contributed by atoms with Crippen LogP contribution in [0, 0.1) is 0 Å². The number of benzene rings is 3. The molecule has 1 aliphatic heterocycles. The Bertz CT molecular complexity index is 1430. The Kier molecular flexibility index (Phi) is 11.7. The van der Waals surface area contributed by atoms with E-state index in [-0.39, 0.29) is 24.3 Å². The number of unbranched alkanes of at least 4 members (excludes halogenated alkanes) is 1. The summed E-state index contributed by atoms with van der Waals surface area (Å²) in [5, 5.41) is 0.